The highest BCUT2D eigenvalue weighted by molar-refractivity contribution is 5.94. The van der Waals surface area contributed by atoms with Gasteiger partial charge in [0.25, 0.3) is 5.91 Å². The van der Waals surface area contributed by atoms with Gasteiger partial charge in [-0.3, -0.25) is 9.69 Å². The van der Waals surface area contributed by atoms with Crippen molar-refractivity contribution in [1.29, 1.82) is 5.26 Å². The van der Waals surface area contributed by atoms with E-state index in [1.54, 1.807) is 30.5 Å². The van der Waals surface area contributed by atoms with Crippen molar-refractivity contribution < 1.29 is 9.21 Å². The minimum atomic E-state index is 0.0118. The summed E-state index contributed by atoms with van der Waals surface area (Å²) in [5, 5.41) is 8.92. The standard InChI is InChI=1S/C21H25N3O2/c1-23(15-18-6-5-13-26-18)19-7-3-4-8-20(19)24(2)21(25)17-11-9-16(14-22)10-12-17/h5-6,9-13,19-20H,3-4,7-8,15H2,1-2H3/t19-,20-/m1/s1. The molecule has 136 valence electrons. The van der Waals surface area contributed by atoms with Crippen LogP contribution in [0.4, 0.5) is 0 Å². The molecule has 1 aromatic carbocycles. The van der Waals surface area contributed by atoms with Gasteiger partial charge in [-0.15, -0.1) is 0 Å². The van der Waals surface area contributed by atoms with Crippen LogP contribution in [0.1, 0.15) is 47.4 Å². The van der Waals surface area contributed by atoms with Crippen LogP contribution in [0.2, 0.25) is 0 Å². The molecule has 5 nitrogen and oxygen atoms in total. The quantitative estimate of drug-likeness (QED) is 0.825. The number of amides is 1. The van der Waals surface area contributed by atoms with Gasteiger partial charge in [0.1, 0.15) is 5.76 Å². The van der Waals surface area contributed by atoms with Crippen LogP contribution >= 0.6 is 0 Å². The molecule has 1 fully saturated rings. The number of hydrogen-bond donors (Lipinski definition) is 0. The van der Waals surface area contributed by atoms with Crippen molar-refractivity contribution in [1.82, 2.24) is 9.80 Å². The van der Waals surface area contributed by atoms with E-state index in [1.807, 2.05) is 24.1 Å². The molecule has 0 N–H and O–H groups in total. The number of carbonyl (C=O) groups excluding carboxylic acids is 1. The summed E-state index contributed by atoms with van der Waals surface area (Å²) < 4.78 is 5.48. The van der Waals surface area contributed by atoms with E-state index in [9.17, 15) is 4.79 Å². The van der Waals surface area contributed by atoms with Gasteiger partial charge in [-0.2, -0.15) is 5.26 Å². The van der Waals surface area contributed by atoms with Gasteiger partial charge in [0.05, 0.1) is 24.4 Å². The number of nitrogens with zero attached hydrogens (tertiary/aromatic N) is 3. The molecule has 1 aliphatic rings. The summed E-state index contributed by atoms with van der Waals surface area (Å²) in [7, 11) is 4.00. The fourth-order valence-electron chi connectivity index (χ4n) is 3.86. The van der Waals surface area contributed by atoms with E-state index < -0.39 is 0 Å². The number of rotatable bonds is 5. The van der Waals surface area contributed by atoms with Crippen LogP contribution in [0.25, 0.3) is 0 Å². The molecule has 0 saturated heterocycles. The summed E-state index contributed by atoms with van der Waals surface area (Å²) in [6, 6.07) is 13.3. The van der Waals surface area contributed by atoms with Crippen LogP contribution in [0, 0.1) is 11.3 Å². The molecule has 26 heavy (non-hydrogen) atoms. The third kappa shape index (κ3) is 3.97. The number of likely N-dealkylation sites (N-methyl/N-ethyl adjacent to an activating group) is 2. The minimum Gasteiger partial charge on any atom is -0.468 e. The molecule has 0 radical (unpaired) electrons. The van der Waals surface area contributed by atoms with Crippen LogP contribution in [0.5, 0.6) is 0 Å². The lowest BCUT2D eigenvalue weighted by Crippen LogP contribution is -2.52. The zero-order valence-electron chi connectivity index (χ0n) is 15.4. The van der Waals surface area contributed by atoms with E-state index in [0.717, 1.165) is 31.6 Å². The number of carbonyl (C=O) groups is 1. The van der Waals surface area contributed by atoms with E-state index in [-0.39, 0.29) is 11.9 Å². The van der Waals surface area contributed by atoms with Crippen molar-refractivity contribution in [2.75, 3.05) is 14.1 Å². The Hall–Kier alpha value is -2.58. The lowest BCUT2D eigenvalue weighted by atomic mass is 9.88. The average molecular weight is 351 g/mol. The molecular weight excluding hydrogens is 326 g/mol. The Morgan fingerprint density at radius 3 is 2.46 bits per heavy atom. The number of nitriles is 1. The first-order valence-corrected chi connectivity index (χ1v) is 9.10. The van der Waals surface area contributed by atoms with E-state index in [0.29, 0.717) is 17.2 Å². The second-order valence-corrected chi connectivity index (χ2v) is 7.02. The van der Waals surface area contributed by atoms with Gasteiger partial charge in [0.2, 0.25) is 0 Å². The van der Waals surface area contributed by atoms with Gasteiger partial charge in [0.15, 0.2) is 0 Å². The maximum absolute atomic E-state index is 12.9. The summed E-state index contributed by atoms with van der Waals surface area (Å²) in [6.07, 6.45) is 6.10. The molecule has 0 aliphatic heterocycles. The number of furan rings is 1. The molecule has 3 rings (SSSR count). The van der Waals surface area contributed by atoms with Crippen molar-refractivity contribution in [3.05, 3.63) is 59.5 Å². The third-order valence-corrected chi connectivity index (χ3v) is 5.32. The predicted molar refractivity (Wildman–Crippen MR) is 99.5 cm³/mol. The van der Waals surface area contributed by atoms with Crippen molar-refractivity contribution in [3.8, 4) is 6.07 Å². The maximum atomic E-state index is 12.9. The zero-order chi connectivity index (χ0) is 18.5. The smallest absolute Gasteiger partial charge is 0.253 e. The van der Waals surface area contributed by atoms with Gasteiger partial charge in [-0.05, 0) is 56.3 Å². The van der Waals surface area contributed by atoms with Crippen LogP contribution in [-0.2, 0) is 6.54 Å². The van der Waals surface area contributed by atoms with Crippen molar-refractivity contribution in [2.24, 2.45) is 0 Å². The molecule has 1 amide bonds. The van der Waals surface area contributed by atoms with Gasteiger partial charge in [0, 0.05) is 24.7 Å². The van der Waals surface area contributed by atoms with Crippen molar-refractivity contribution in [3.63, 3.8) is 0 Å². The Morgan fingerprint density at radius 2 is 1.85 bits per heavy atom. The molecule has 0 spiro atoms. The number of hydrogen-bond acceptors (Lipinski definition) is 4. The van der Waals surface area contributed by atoms with E-state index in [1.165, 1.54) is 6.42 Å². The molecular formula is C21H25N3O2. The summed E-state index contributed by atoms with van der Waals surface area (Å²) in [4.78, 5) is 17.1. The first-order chi connectivity index (χ1) is 12.6. The van der Waals surface area contributed by atoms with Crippen molar-refractivity contribution in [2.45, 2.75) is 44.3 Å². The molecule has 1 heterocycles. The lowest BCUT2D eigenvalue weighted by Gasteiger charge is -2.42. The fraction of sp³-hybridized carbons (Fsp3) is 0.429. The van der Waals surface area contributed by atoms with E-state index in [2.05, 4.69) is 18.0 Å². The summed E-state index contributed by atoms with van der Waals surface area (Å²) in [5.41, 5.74) is 1.20. The molecule has 0 unspecified atom stereocenters. The third-order valence-electron chi connectivity index (χ3n) is 5.32. The Labute approximate surface area is 154 Å². The van der Waals surface area contributed by atoms with Crippen LogP contribution < -0.4 is 0 Å². The Bertz CT molecular complexity index is 762. The normalized spacial score (nSPS) is 19.9. The minimum absolute atomic E-state index is 0.0118. The van der Waals surface area contributed by atoms with E-state index in [4.69, 9.17) is 9.68 Å². The van der Waals surface area contributed by atoms with Crippen LogP contribution in [-0.4, -0.2) is 41.9 Å². The topological polar surface area (TPSA) is 60.5 Å². The Balaban J connectivity index is 1.73. The second kappa shape index (κ2) is 8.20. The molecule has 2 atom stereocenters. The average Bonchev–Trinajstić information content (AvgIpc) is 3.20. The lowest BCUT2D eigenvalue weighted by molar-refractivity contribution is 0.0473. The largest absolute Gasteiger partial charge is 0.468 e. The first-order valence-electron chi connectivity index (χ1n) is 9.10. The SMILES string of the molecule is CN(Cc1ccco1)[C@@H]1CCCC[C@H]1N(C)C(=O)c1ccc(C#N)cc1. The summed E-state index contributed by atoms with van der Waals surface area (Å²) >= 11 is 0. The first kappa shape index (κ1) is 18.2. The maximum Gasteiger partial charge on any atom is 0.253 e. The highest BCUT2D eigenvalue weighted by Crippen LogP contribution is 2.28. The molecule has 5 heteroatoms. The highest BCUT2D eigenvalue weighted by atomic mass is 16.3. The summed E-state index contributed by atoms with van der Waals surface area (Å²) in [5.74, 6) is 0.954. The molecule has 0 bridgehead atoms. The molecule has 1 aromatic heterocycles. The van der Waals surface area contributed by atoms with Crippen molar-refractivity contribution >= 4 is 5.91 Å². The van der Waals surface area contributed by atoms with Gasteiger partial charge < -0.3 is 9.32 Å². The van der Waals surface area contributed by atoms with Crippen LogP contribution in [0.15, 0.2) is 47.1 Å². The highest BCUT2D eigenvalue weighted by Gasteiger charge is 2.33. The summed E-state index contributed by atoms with van der Waals surface area (Å²) in [6.45, 7) is 0.743. The number of benzene rings is 1. The van der Waals surface area contributed by atoms with Gasteiger partial charge >= 0.3 is 0 Å². The molecule has 2 aromatic rings. The molecule has 1 aliphatic carbocycles. The predicted octanol–water partition coefficient (Wildman–Crippen LogP) is 3.67. The Kier molecular flexibility index (Phi) is 5.75. The van der Waals surface area contributed by atoms with Gasteiger partial charge in [-0.25, -0.2) is 0 Å². The van der Waals surface area contributed by atoms with Gasteiger partial charge in [-0.1, -0.05) is 12.8 Å². The monoisotopic (exact) mass is 351 g/mol. The Morgan fingerprint density at radius 1 is 1.15 bits per heavy atom. The van der Waals surface area contributed by atoms with Crippen LogP contribution in [0.3, 0.4) is 0 Å². The molecule has 1 saturated carbocycles. The van der Waals surface area contributed by atoms with E-state index >= 15 is 0 Å². The fourth-order valence-corrected chi connectivity index (χ4v) is 3.86. The second-order valence-electron chi connectivity index (χ2n) is 7.02. The zero-order valence-corrected chi connectivity index (χ0v) is 15.4.